The molecule has 114 valence electrons. The zero-order valence-electron chi connectivity index (χ0n) is 12.2. The fourth-order valence-electron chi connectivity index (χ4n) is 2.55. The molecule has 6 heteroatoms. The number of carbonyl (C=O) groups is 1. The number of nitro groups is 1. The fourth-order valence-corrected chi connectivity index (χ4v) is 2.55. The topological polar surface area (TPSA) is 72.7 Å². The number of hydrogen-bond acceptors (Lipinski definition) is 5. The summed E-state index contributed by atoms with van der Waals surface area (Å²) in [5.41, 5.74) is 0.605. The van der Waals surface area contributed by atoms with Crippen molar-refractivity contribution in [2.24, 2.45) is 5.92 Å². The molecule has 0 atom stereocenters. The first-order valence-electron chi connectivity index (χ1n) is 7.27. The van der Waals surface area contributed by atoms with Crippen LogP contribution in [0.4, 0.5) is 11.4 Å². The molecule has 0 aliphatic carbocycles. The number of carbonyl (C=O) groups excluding carboxylic acids is 1. The number of para-hydroxylation sites is 1. The average Bonchev–Trinajstić information content (AvgIpc) is 2.52. The van der Waals surface area contributed by atoms with Gasteiger partial charge in [-0.25, -0.2) is 0 Å². The van der Waals surface area contributed by atoms with Crippen LogP contribution in [-0.2, 0) is 4.79 Å². The van der Waals surface area contributed by atoms with Crippen LogP contribution in [0.2, 0.25) is 0 Å². The Hall–Kier alpha value is -2.11. The van der Waals surface area contributed by atoms with Crippen LogP contribution in [-0.4, -0.2) is 30.9 Å². The number of nitro benzene ring substituents is 1. The fraction of sp³-hybridized carbons (Fsp3) is 0.533. The van der Waals surface area contributed by atoms with E-state index >= 15 is 0 Å². The van der Waals surface area contributed by atoms with Gasteiger partial charge < -0.3 is 14.4 Å². The van der Waals surface area contributed by atoms with E-state index in [1.165, 1.54) is 0 Å². The molecule has 0 amide bonds. The molecule has 1 aliphatic rings. The second kappa shape index (κ2) is 7.06. The van der Waals surface area contributed by atoms with Crippen LogP contribution in [0.25, 0.3) is 0 Å². The first-order valence-corrected chi connectivity index (χ1v) is 7.27. The summed E-state index contributed by atoms with van der Waals surface area (Å²) in [4.78, 5) is 23.8. The first kappa shape index (κ1) is 15.3. The summed E-state index contributed by atoms with van der Waals surface area (Å²) >= 11 is 0. The van der Waals surface area contributed by atoms with Gasteiger partial charge >= 0.3 is 5.69 Å². The highest BCUT2D eigenvalue weighted by atomic mass is 16.6. The predicted octanol–water partition coefficient (Wildman–Crippen LogP) is 2.80. The lowest BCUT2D eigenvalue weighted by Gasteiger charge is -2.31. The van der Waals surface area contributed by atoms with E-state index in [4.69, 9.17) is 4.74 Å². The summed E-state index contributed by atoms with van der Waals surface area (Å²) in [5, 5.41) is 11.4. The van der Waals surface area contributed by atoms with E-state index in [1.54, 1.807) is 18.2 Å². The zero-order valence-corrected chi connectivity index (χ0v) is 12.2. The lowest BCUT2D eigenvalue weighted by Crippen LogP contribution is -2.34. The van der Waals surface area contributed by atoms with Gasteiger partial charge in [-0.05, 0) is 31.4 Å². The molecule has 2 rings (SSSR count). The second-order valence-electron chi connectivity index (χ2n) is 5.19. The molecule has 1 aliphatic heterocycles. The number of piperidine rings is 1. The molecule has 0 radical (unpaired) electrons. The highest BCUT2D eigenvalue weighted by molar-refractivity contribution is 5.70. The normalized spacial score (nSPS) is 15.8. The number of aldehydes is 1. The SMILES string of the molecule is CCCOc1cccc(N2CCC(C=O)CC2)c1[N+](=O)[O-]. The van der Waals surface area contributed by atoms with Crippen molar-refractivity contribution >= 4 is 17.7 Å². The number of nitrogens with zero attached hydrogens (tertiary/aromatic N) is 2. The van der Waals surface area contributed by atoms with E-state index in [-0.39, 0.29) is 16.5 Å². The lowest BCUT2D eigenvalue weighted by atomic mass is 9.98. The van der Waals surface area contributed by atoms with E-state index in [2.05, 4.69) is 0 Å². The van der Waals surface area contributed by atoms with Crippen LogP contribution in [0.15, 0.2) is 18.2 Å². The van der Waals surface area contributed by atoms with Gasteiger partial charge in [0.15, 0.2) is 5.75 Å². The molecule has 0 unspecified atom stereocenters. The van der Waals surface area contributed by atoms with Crippen molar-refractivity contribution in [2.75, 3.05) is 24.6 Å². The maximum atomic E-state index is 11.4. The molecular weight excluding hydrogens is 272 g/mol. The third-order valence-corrected chi connectivity index (χ3v) is 3.69. The predicted molar refractivity (Wildman–Crippen MR) is 79.9 cm³/mol. The smallest absolute Gasteiger partial charge is 0.333 e. The van der Waals surface area contributed by atoms with Crippen molar-refractivity contribution < 1.29 is 14.5 Å². The van der Waals surface area contributed by atoms with Gasteiger partial charge in [0, 0.05) is 19.0 Å². The van der Waals surface area contributed by atoms with Crippen LogP contribution in [0.1, 0.15) is 26.2 Å². The lowest BCUT2D eigenvalue weighted by molar-refractivity contribution is -0.385. The van der Waals surface area contributed by atoms with Crippen molar-refractivity contribution in [3.63, 3.8) is 0 Å². The molecule has 0 spiro atoms. The summed E-state index contributed by atoms with van der Waals surface area (Å²) in [5.74, 6) is 0.386. The Morgan fingerprint density at radius 1 is 1.43 bits per heavy atom. The summed E-state index contributed by atoms with van der Waals surface area (Å²) in [6.07, 6.45) is 3.25. The van der Waals surface area contributed by atoms with E-state index < -0.39 is 0 Å². The van der Waals surface area contributed by atoms with E-state index in [1.807, 2.05) is 11.8 Å². The van der Waals surface area contributed by atoms with Crippen LogP contribution in [0.3, 0.4) is 0 Å². The Balaban J connectivity index is 2.26. The molecule has 0 bridgehead atoms. The quantitative estimate of drug-likeness (QED) is 0.458. The molecule has 1 fully saturated rings. The summed E-state index contributed by atoms with van der Waals surface area (Å²) < 4.78 is 5.50. The number of anilines is 1. The molecule has 1 aromatic rings. The molecule has 1 aromatic carbocycles. The molecule has 0 saturated carbocycles. The van der Waals surface area contributed by atoms with Gasteiger partial charge in [-0.3, -0.25) is 10.1 Å². The Labute approximate surface area is 123 Å². The molecular formula is C15H20N2O4. The number of hydrogen-bond donors (Lipinski definition) is 0. The summed E-state index contributed by atoms with van der Waals surface area (Å²) in [6.45, 7) is 3.72. The minimum Gasteiger partial charge on any atom is -0.487 e. The third kappa shape index (κ3) is 3.51. The summed E-state index contributed by atoms with van der Waals surface area (Å²) in [7, 11) is 0. The minimum atomic E-state index is -0.383. The Kier molecular flexibility index (Phi) is 5.14. The van der Waals surface area contributed by atoms with Crippen LogP contribution >= 0.6 is 0 Å². The Morgan fingerprint density at radius 2 is 2.14 bits per heavy atom. The second-order valence-corrected chi connectivity index (χ2v) is 5.19. The van der Waals surface area contributed by atoms with Gasteiger partial charge in [0.05, 0.1) is 11.5 Å². The standard InChI is InChI=1S/C15H20N2O4/c1-2-10-21-14-5-3-4-13(15(14)17(19)20)16-8-6-12(11-18)7-9-16/h3-5,11-12H,2,6-10H2,1H3. The molecule has 21 heavy (non-hydrogen) atoms. The molecule has 0 N–H and O–H groups in total. The maximum absolute atomic E-state index is 11.4. The van der Waals surface area contributed by atoms with E-state index in [0.717, 1.165) is 25.5 Å². The average molecular weight is 292 g/mol. The van der Waals surface area contributed by atoms with E-state index in [9.17, 15) is 14.9 Å². The first-order chi connectivity index (χ1) is 10.2. The van der Waals surface area contributed by atoms with Crippen molar-refractivity contribution in [3.05, 3.63) is 28.3 Å². The van der Waals surface area contributed by atoms with Crippen molar-refractivity contribution in [2.45, 2.75) is 26.2 Å². The molecule has 1 heterocycles. The number of rotatable bonds is 6. The monoisotopic (exact) mass is 292 g/mol. The van der Waals surface area contributed by atoms with Gasteiger partial charge in [-0.15, -0.1) is 0 Å². The minimum absolute atomic E-state index is 0.0236. The maximum Gasteiger partial charge on any atom is 0.333 e. The van der Waals surface area contributed by atoms with E-state index in [0.29, 0.717) is 31.1 Å². The van der Waals surface area contributed by atoms with Gasteiger partial charge in [0.25, 0.3) is 0 Å². The van der Waals surface area contributed by atoms with Crippen molar-refractivity contribution in [1.29, 1.82) is 0 Å². The van der Waals surface area contributed by atoms with Crippen LogP contribution < -0.4 is 9.64 Å². The summed E-state index contributed by atoms with van der Waals surface area (Å²) in [6, 6.07) is 5.16. The molecule has 1 saturated heterocycles. The van der Waals surface area contributed by atoms with Crippen LogP contribution in [0, 0.1) is 16.0 Å². The Bertz CT molecular complexity index is 510. The van der Waals surface area contributed by atoms with Gasteiger partial charge in [0.1, 0.15) is 12.0 Å². The largest absolute Gasteiger partial charge is 0.487 e. The van der Waals surface area contributed by atoms with Gasteiger partial charge in [-0.1, -0.05) is 13.0 Å². The highest BCUT2D eigenvalue weighted by Crippen LogP contribution is 2.38. The van der Waals surface area contributed by atoms with Crippen molar-refractivity contribution in [3.8, 4) is 5.75 Å². The Morgan fingerprint density at radius 3 is 2.71 bits per heavy atom. The van der Waals surface area contributed by atoms with Crippen molar-refractivity contribution in [1.82, 2.24) is 0 Å². The zero-order chi connectivity index (χ0) is 15.2. The van der Waals surface area contributed by atoms with Gasteiger partial charge in [0.2, 0.25) is 0 Å². The van der Waals surface area contributed by atoms with Gasteiger partial charge in [-0.2, -0.15) is 0 Å². The molecule has 6 nitrogen and oxygen atoms in total. The third-order valence-electron chi connectivity index (χ3n) is 3.69. The number of ether oxygens (including phenoxy) is 1. The highest BCUT2D eigenvalue weighted by Gasteiger charge is 2.27. The molecule has 0 aromatic heterocycles. The number of benzene rings is 1. The van der Waals surface area contributed by atoms with Crippen LogP contribution in [0.5, 0.6) is 5.75 Å².